The Bertz CT molecular complexity index is 1070. The summed E-state index contributed by atoms with van der Waals surface area (Å²) >= 11 is 0. The van der Waals surface area contributed by atoms with Gasteiger partial charge in [0.15, 0.2) is 0 Å². The van der Waals surface area contributed by atoms with Gasteiger partial charge in [-0.3, -0.25) is 0 Å². The number of hydrogen-bond donors (Lipinski definition) is 0. The van der Waals surface area contributed by atoms with Gasteiger partial charge in [0.1, 0.15) is 5.67 Å². The molecule has 1 saturated carbocycles. The van der Waals surface area contributed by atoms with Crippen LogP contribution in [0.15, 0.2) is 84.9 Å². The summed E-state index contributed by atoms with van der Waals surface area (Å²) in [4.78, 5) is 12.2. The number of rotatable bonds is 7. The molecule has 3 nitrogen and oxygen atoms in total. The minimum atomic E-state index is -2.74. The lowest BCUT2D eigenvalue weighted by Crippen LogP contribution is -2.66. The molecular weight excluding hydrogens is 431 g/mol. The lowest BCUT2D eigenvalue weighted by atomic mass is 10.0. The van der Waals surface area contributed by atoms with Crippen LogP contribution in [-0.4, -0.2) is 28.0 Å². The van der Waals surface area contributed by atoms with E-state index in [2.05, 4.69) is 45.0 Å². The summed E-state index contributed by atoms with van der Waals surface area (Å²) in [7, 11) is -1.42. The Morgan fingerprint density at radius 1 is 0.939 bits per heavy atom. The van der Waals surface area contributed by atoms with Crippen LogP contribution < -0.4 is 10.4 Å². The van der Waals surface area contributed by atoms with Crippen LogP contribution in [0.5, 0.6) is 0 Å². The Hall–Kier alpha value is -2.76. The molecule has 0 radical (unpaired) electrons. The maximum Gasteiger partial charge on any atom is 0.338 e. The Balaban J connectivity index is 1.69. The van der Waals surface area contributed by atoms with Crippen molar-refractivity contribution in [1.82, 2.24) is 0 Å². The monoisotopic (exact) mass is 462 g/mol. The summed E-state index contributed by atoms with van der Waals surface area (Å²) in [5.74, 6) is -0.828. The van der Waals surface area contributed by atoms with Gasteiger partial charge in [-0.05, 0) is 27.9 Å². The molecule has 5 heteroatoms. The van der Waals surface area contributed by atoms with Crippen LogP contribution in [0.3, 0.4) is 0 Å². The molecule has 33 heavy (non-hydrogen) atoms. The summed E-state index contributed by atoms with van der Waals surface area (Å²) < 4.78 is 27.9. The fourth-order valence-electron chi connectivity index (χ4n) is 4.94. The highest BCUT2D eigenvalue weighted by Gasteiger charge is 2.60. The van der Waals surface area contributed by atoms with Crippen molar-refractivity contribution in [3.05, 3.63) is 96.1 Å². The molecule has 0 aliphatic heterocycles. The molecule has 0 amide bonds. The molecular formula is C28H31FO3Si. The van der Waals surface area contributed by atoms with Crippen LogP contribution >= 0.6 is 0 Å². The number of methoxy groups -OCH3 is 1. The van der Waals surface area contributed by atoms with Crippen molar-refractivity contribution in [2.75, 3.05) is 13.7 Å². The summed E-state index contributed by atoms with van der Waals surface area (Å²) in [6.07, 6.45) is 0.333. The van der Waals surface area contributed by atoms with E-state index in [-0.39, 0.29) is 16.5 Å². The molecule has 172 valence electrons. The van der Waals surface area contributed by atoms with Crippen LogP contribution in [0.2, 0.25) is 5.04 Å². The van der Waals surface area contributed by atoms with E-state index in [4.69, 9.17) is 9.16 Å². The first-order valence-electron chi connectivity index (χ1n) is 11.4. The second kappa shape index (κ2) is 8.88. The fourth-order valence-corrected chi connectivity index (χ4v) is 9.55. The molecule has 0 unspecified atom stereocenters. The largest absolute Gasteiger partial charge is 0.465 e. The molecule has 0 spiro atoms. The third kappa shape index (κ3) is 4.16. The molecule has 2 atom stereocenters. The Labute approximate surface area is 196 Å². The molecule has 1 fully saturated rings. The molecule has 0 N–H and O–H groups in total. The number of ether oxygens (including phenoxy) is 1. The maximum atomic E-state index is 16.1. The first-order valence-corrected chi connectivity index (χ1v) is 13.3. The van der Waals surface area contributed by atoms with E-state index in [1.54, 1.807) is 24.3 Å². The van der Waals surface area contributed by atoms with Gasteiger partial charge < -0.3 is 9.16 Å². The Kier molecular flexibility index (Phi) is 6.30. The van der Waals surface area contributed by atoms with Crippen molar-refractivity contribution in [2.24, 2.45) is 5.92 Å². The second-order valence-corrected chi connectivity index (χ2v) is 14.1. The molecule has 0 heterocycles. The zero-order chi connectivity index (χ0) is 23.7. The van der Waals surface area contributed by atoms with Gasteiger partial charge in [-0.25, -0.2) is 9.18 Å². The predicted octanol–water partition coefficient (Wildman–Crippen LogP) is 5.23. The zero-order valence-corrected chi connectivity index (χ0v) is 20.7. The highest BCUT2D eigenvalue weighted by molar-refractivity contribution is 6.99. The van der Waals surface area contributed by atoms with Crippen molar-refractivity contribution >= 4 is 24.7 Å². The second-order valence-electron chi connectivity index (χ2n) is 9.77. The summed E-state index contributed by atoms with van der Waals surface area (Å²) in [5, 5.41) is 2.17. The normalized spacial score (nSPS) is 20.3. The molecule has 1 aliphatic carbocycles. The quantitative estimate of drug-likeness (QED) is 0.356. The first-order chi connectivity index (χ1) is 15.7. The number of hydrogen-bond acceptors (Lipinski definition) is 3. The standard InChI is InChI=1S/C28H31FO3Si/c1-27(2,3)33(22-13-7-5-8-14-22,23-15-9-6-10-16-23)32-20-21-19-28(21,29)25-18-12-11-17-24(25)26(30)31-4/h5-18,21H,19-20H2,1-4H3/t21-,28-/m0/s1. The maximum absolute atomic E-state index is 16.1. The van der Waals surface area contributed by atoms with E-state index in [1.807, 2.05) is 36.4 Å². The number of halogens is 1. The third-order valence-corrected chi connectivity index (χ3v) is 11.7. The van der Waals surface area contributed by atoms with E-state index in [9.17, 15) is 4.79 Å². The van der Waals surface area contributed by atoms with Gasteiger partial charge in [0, 0.05) is 18.1 Å². The molecule has 0 aromatic heterocycles. The molecule has 4 rings (SSSR count). The first kappa shape index (κ1) is 23.4. The smallest absolute Gasteiger partial charge is 0.338 e. The van der Waals surface area contributed by atoms with E-state index in [0.29, 0.717) is 18.6 Å². The van der Waals surface area contributed by atoms with Crippen molar-refractivity contribution < 1.29 is 18.3 Å². The highest BCUT2D eigenvalue weighted by Crippen LogP contribution is 2.57. The van der Waals surface area contributed by atoms with Crippen LogP contribution in [0.4, 0.5) is 4.39 Å². The van der Waals surface area contributed by atoms with Gasteiger partial charge in [0.25, 0.3) is 8.32 Å². The SMILES string of the molecule is COC(=O)c1ccccc1[C@]1(F)C[C@H]1CO[Si](c1ccccc1)(c1ccccc1)C(C)(C)C. The Morgan fingerprint density at radius 2 is 1.45 bits per heavy atom. The van der Waals surface area contributed by atoms with Crippen molar-refractivity contribution in [2.45, 2.75) is 37.9 Å². The zero-order valence-electron chi connectivity index (χ0n) is 19.7. The van der Waals surface area contributed by atoms with E-state index >= 15 is 4.39 Å². The molecule has 0 bridgehead atoms. The summed E-state index contributed by atoms with van der Waals surface area (Å²) in [6.45, 7) is 6.92. The van der Waals surface area contributed by atoms with Gasteiger partial charge in [-0.15, -0.1) is 0 Å². The van der Waals surface area contributed by atoms with Gasteiger partial charge in [0.2, 0.25) is 0 Å². The van der Waals surface area contributed by atoms with Crippen molar-refractivity contribution in [1.29, 1.82) is 0 Å². The van der Waals surface area contributed by atoms with Crippen LogP contribution in [0, 0.1) is 5.92 Å². The minimum absolute atomic E-state index is 0.173. The van der Waals surface area contributed by atoms with E-state index < -0.39 is 20.0 Å². The van der Waals surface area contributed by atoms with Crippen LogP contribution in [0.1, 0.15) is 43.1 Å². The number of carbonyl (C=O) groups excluding carboxylic acids is 1. The molecule has 3 aromatic rings. The van der Waals surface area contributed by atoms with Gasteiger partial charge >= 0.3 is 5.97 Å². The average Bonchev–Trinajstić information content (AvgIpc) is 3.50. The topological polar surface area (TPSA) is 35.5 Å². The number of carbonyl (C=O) groups is 1. The third-order valence-electron chi connectivity index (χ3n) is 6.73. The van der Waals surface area contributed by atoms with Crippen molar-refractivity contribution in [3.63, 3.8) is 0 Å². The molecule has 3 aromatic carbocycles. The lowest BCUT2D eigenvalue weighted by molar-refractivity contribution is 0.0595. The summed E-state index contributed by atoms with van der Waals surface area (Å²) in [5.41, 5.74) is -0.903. The Morgan fingerprint density at radius 3 is 1.97 bits per heavy atom. The number of benzene rings is 3. The minimum Gasteiger partial charge on any atom is -0.465 e. The van der Waals surface area contributed by atoms with Gasteiger partial charge in [-0.2, -0.15) is 0 Å². The number of esters is 1. The molecule has 0 saturated heterocycles. The number of alkyl halides is 1. The van der Waals surface area contributed by atoms with Gasteiger partial charge in [-0.1, -0.05) is 99.6 Å². The highest BCUT2D eigenvalue weighted by atomic mass is 28.4. The van der Waals surface area contributed by atoms with Crippen molar-refractivity contribution in [3.8, 4) is 0 Å². The fraction of sp³-hybridized carbons (Fsp3) is 0.321. The van der Waals surface area contributed by atoms with Gasteiger partial charge in [0.05, 0.1) is 12.7 Å². The van der Waals surface area contributed by atoms with Crippen LogP contribution in [0.25, 0.3) is 0 Å². The lowest BCUT2D eigenvalue weighted by Gasteiger charge is -2.43. The van der Waals surface area contributed by atoms with Crippen LogP contribution in [-0.2, 0) is 14.8 Å². The van der Waals surface area contributed by atoms with E-state index in [0.717, 1.165) is 0 Å². The summed E-state index contributed by atoms with van der Waals surface area (Å²) in [6, 6.07) is 27.5. The van der Waals surface area contributed by atoms with E-state index in [1.165, 1.54) is 17.5 Å². The predicted molar refractivity (Wildman–Crippen MR) is 132 cm³/mol. The average molecular weight is 463 g/mol. The molecule has 1 aliphatic rings.